The van der Waals surface area contributed by atoms with E-state index >= 15 is 0 Å². The predicted octanol–water partition coefficient (Wildman–Crippen LogP) is 2.83. The minimum Gasteiger partial charge on any atom is -0.357 e. The second kappa shape index (κ2) is 6.22. The van der Waals surface area contributed by atoms with E-state index in [0.29, 0.717) is 0 Å². The van der Waals surface area contributed by atoms with Gasteiger partial charge in [0.05, 0.1) is 5.02 Å². The van der Waals surface area contributed by atoms with Crippen LogP contribution >= 0.6 is 11.6 Å². The van der Waals surface area contributed by atoms with E-state index < -0.39 is 0 Å². The van der Waals surface area contributed by atoms with Crippen molar-refractivity contribution < 1.29 is 0 Å². The monoisotopic (exact) mass is 253 g/mol. The van der Waals surface area contributed by atoms with Crippen molar-refractivity contribution >= 4 is 17.4 Å². The highest BCUT2D eigenvalue weighted by Crippen LogP contribution is 2.22. The molecule has 2 rings (SSSR count). The number of nitrogens with zero attached hydrogens (tertiary/aromatic N) is 2. The summed E-state index contributed by atoms with van der Waals surface area (Å²) in [5.41, 5.74) is 1.13. The molecule has 2 heterocycles. The number of rotatable bonds is 3. The van der Waals surface area contributed by atoms with Crippen molar-refractivity contribution in [3.63, 3.8) is 0 Å². The molecule has 3 nitrogen and oxygen atoms in total. The normalized spacial score (nSPS) is 16.9. The van der Waals surface area contributed by atoms with Crippen molar-refractivity contribution in [3.8, 4) is 0 Å². The molecule has 0 aliphatic carbocycles. The molecule has 1 fully saturated rings. The summed E-state index contributed by atoms with van der Waals surface area (Å²) in [6.07, 6.45) is 6.99. The lowest BCUT2D eigenvalue weighted by Gasteiger charge is -2.22. The quantitative estimate of drug-likeness (QED) is 0.898. The Balaban J connectivity index is 2.16. The highest BCUT2D eigenvalue weighted by atomic mass is 35.5. The van der Waals surface area contributed by atoms with Crippen molar-refractivity contribution in [2.24, 2.45) is 0 Å². The Labute approximate surface area is 108 Å². The van der Waals surface area contributed by atoms with Gasteiger partial charge in [0.2, 0.25) is 0 Å². The molecular formula is C13H20ClN3. The summed E-state index contributed by atoms with van der Waals surface area (Å²) in [6, 6.07) is 2.12. The van der Waals surface area contributed by atoms with E-state index in [9.17, 15) is 0 Å². The fraction of sp³-hybridized carbons (Fsp3) is 0.615. The average molecular weight is 254 g/mol. The predicted molar refractivity (Wildman–Crippen MR) is 72.7 cm³/mol. The van der Waals surface area contributed by atoms with Gasteiger partial charge in [-0.1, -0.05) is 24.4 Å². The number of pyridine rings is 1. The van der Waals surface area contributed by atoms with Crippen LogP contribution in [0.3, 0.4) is 0 Å². The molecule has 0 saturated carbocycles. The van der Waals surface area contributed by atoms with E-state index in [1.54, 1.807) is 6.20 Å². The van der Waals surface area contributed by atoms with Crippen molar-refractivity contribution in [1.82, 2.24) is 10.3 Å². The van der Waals surface area contributed by atoms with Crippen LogP contribution < -0.4 is 10.2 Å². The Hall–Kier alpha value is -0.800. The lowest BCUT2D eigenvalue weighted by atomic mass is 10.2. The van der Waals surface area contributed by atoms with E-state index in [1.807, 2.05) is 7.05 Å². The first-order valence-electron chi connectivity index (χ1n) is 6.35. The number of anilines is 1. The fourth-order valence-corrected chi connectivity index (χ4v) is 2.44. The smallest absolute Gasteiger partial charge is 0.128 e. The lowest BCUT2D eigenvalue weighted by molar-refractivity contribution is 0.726. The third-order valence-corrected chi connectivity index (χ3v) is 3.56. The molecule has 0 amide bonds. The molecule has 0 aromatic carbocycles. The Morgan fingerprint density at radius 1 is 1.29 bits per heavy atom. The minimum atomic E-state index is 0.748. The van der Waals surface area contributed by atoms with Gasteiger partial charge in [-0.25, -0.2) is 4.98 Å². The fourth-order valence-electron chi connectivity index (χ4n) is 2.27. The Morgan fingerprint density at radius 2 is 2.00 bits per heavy atom. The van der Waals surface area contributed by atoms with Gasteiger partial charge in [0.15, 0.2) is 0 Å². The van der Waals surface area contributed by atoms with Crippen LogP contribution in [0, 0.1) is 0 Å². The number of nitrogens with one attached hydrogen (secondary N) is 1. The zero-order chi connectivity index (χ0) is 12.1. The van der Waals surface area contributed by atoms with Gasteiger partial charge in [0.25, 0.3) is 0 Å². The summed E-state index contributed by atoms with van der Waals surface area (Å²) in [7, 11) is 1.93. The van der Waals surface area contributed by atoms with Gasteiger partial charge in [-0.3, -0.25) is 0 Å². The van der Waals surface area contributed by atoms with Gasteiger partial charge in [-0.15, -0.1) is 0 Å². The number of aromatic nitrogens is 1. The molecule has 1 aromatic rings. The van der Waals surface area contributed by atoms with Gasteiger partial charge in [-0.2, -0.15) is 0 Å². The highest BCUT2D eigenvalue weighted by Gasteiger charge is 2.12. The van der Waals surface area contributed by atoms with E-state index in [1.165, 1.54) is 25.7 Å². The molecule has 0 unspecified atom stereocenters. The van der Waals surface area contributed by atoms with E-state index in [4.69, 9.17) is 11.6 Å². The largest absolute Gasteiger partial charge is 0.357 e. The molecule has 94 valence electrons. The molecule has 0 atom stereocenters. The van der Waals surface area contributed by atoms with Gasteiger partial charge in [-0.05, 0) is 31.5 Å². The van der Waals surface area contributed by atoms with Crippen LogP contribution in [-0.2, 0) is 6.54 Å². The van der Waals surface area contributed by atoms with Crippen LogP contribution in [0.2, 0.25) is 5.02 Å². The summed E-state index contributed by atoms with van der Waals surface area (Å²) >= 11 is 6.13. The van der Waals surface area contributed by atoms with Crippen LogP contribution in [0.4, 0.5) is 5.82 Å². The maximum absolute atomic E-state index is 6.13. The second-order valence-corrected chi connectivity index (χ2v) is 4.97. The molecular weight excluding hydrogens is 234 g/mol. The summed E-state index contributed by atoms with van der Waals surface area (Å²) in [4.78, 5) is 6.83. The third-order valence-electron chi connectivity index (χ3n) is 3.22. The lowest BCUT2D eigenvalue weighted by Crippen LogP contribution is -2.25. The van der Waals surface area contributed by atoms with Crippen molar-refractivity contribution in [3.05, 3.63) is 22.8 Å². The SMILES string of the molecule is CNCc1cc(N2CCCCCC2)ncc1Cl. The van der Waals surface area contributed by atoms with Crippen LogP contribution in [0.1, 0.15) is 31.2 Å². The van der Waals surface area contributed by atoms with Crippen molar-refractivity contribution in [1.29, 1.82) is 0 Å². The average Bonchev–Trinajstić information content (AvgIpc) is 2.61. The third kappa shape index (κ3) is 3.33. The molecule has 4 heteroatoms. The first-order chi connectivity index (χ1) is 8.31. The molecule has 1 saturated heterocycles. The molecule has 1 aliphatic heterocycles. The molecule has 1 N–H and O–H groups in total. The Bertz CT molecular complexity index is 360. The molecule has 1 aromatic heterocycles. The van der Waals surface area contributed by atoms with Gasteiger partial charge < -0.3 is 10.2 Å². The van der Waals surface area contributed by atoms with E-state index in [0.717, 1.165) is 36.0 Å². The zero-order valence-corrected chi connectivity index (χ0v) is 11.1. The molecule has 1 aliphatic rings. The summed E-state index contributed by atoms with van der Waals surface area (Å²) in [6.45, 7) is 3.03. The van der Waals surface area contributed by atoms with Crippen molar-refractivity contribution in [2.45, 2.75) is 32.2 Å². The van der Waals surface area contributed by atoms with Gasteiger partial charge in [0, 0.05) is 25.8 Å². The Kier molecular flexibility index (Phi) is 4.63. The highest BCUT2D eigenvalue weighted by molar-refractivity contribution is 6.31. The second-order valence-electron chi connectivity index (χ2n) is 4.57. The maximum Gasteiger partial charge on any atom is 0.128 e. The van der Waals surface area contributed by atoms with E-state index in [-0.39, 0.29) is 0 Å². The summed E-state index contributed by atoms with van der Waals surface area (Å²) in [5, 5.41) is 3.88. The minimum absolute atomic E-state index is 0.748. The summed E-state index contributed by atoms with van der Waals surface area (Å²) < 4.78 is 0. The molecule has 0 radical (unpaired) electrons. The standard InChI is InChI=1S/C13H20ClN3/c1-15-9-11-8-13(16-10-12(11)14)17-6-4-2-3-5-7-17/h8,10,15H,2-7,9H2,1H3. The van der Waals surface area contributed by atoms with Crippen LogP contribution in [-0.4, -0.2) is 25.1 Å². The van der Waals surface area contributed by atoms with Gasteiger partial charge in [0.1, 0.15) is 5.82 Å². The Morgan fingerprint density at radius 3 is 2.65 bits per heavy atom. The number of hydrogen-bond donors (Lipinski definition) is 1. The van der Waals surface area contributed by atoms with Crippen LogP contribution in [0.25, 0.3) is 0 Å². The molecule has 0 spiro atoms. The topological polar surface area (TPSA) is 28.2 Å². The number of hydrogen-bond acceptors (Lipinski definition) is 3. The van der Waals surface area contributed by atoms with E-state index in [2.05, 4.69) is 21.3 Å². The zero-order valence-electron chi connectivity index (χ0n) is 10.4. The van der Waals surface area contributed by atoms with Gasteiger partial charge >= 0.3 is 0 Å². The van der Waals surface area contributed by atoms with Crippen LogP contribution in [0.15, 0.2) is 12.3 Å². The molecule has 17 heavy (non-hydrogen) atoms. The van der Waals surface area contributed by atoms with Crippen LogP contribution in [0.5, 0.6) is 0 Å². The number of halogens is 1. The first-order valence-corrected chi connectivity index (χ1v) is 6.73. The molecule has 0 bridgehead atoms. The maximum atomic E-state index is 6.13. The summed E-state index contributed by atoms with van der Waals surface area (Å²) in [5.74, 6) is 1.07. The first kappa shape index (κ1) is 12.7. The van der Waals surface area contributed by atoms with Crippen molar-refractivity contribution in [2.75, 3.05) is 25.0 Å².